The van der Waals surface area contributed by atoms with Crippen LogP contribution in [0, 0.1) is 0 Å². The number of rotatable bonds is 6. The zero-order valence-corrected chi connectivity index (χ0v) is 20.8. The molecule has 186 valence electrons. The summed E-state index contributed by atoms with van der Waals surface area (Å²) in [6.45, 7) is 10.5. The second-order valence-electron chi connectivity index (χ2n) is 9.05. The summed E-state index contributed by atoms with van der Waals surface area (Å²) in [5.41, 5.74) is 8.69. The number of nitrogens with two attached hydrogens (primary N) is 1. The molecule has 3 aromatic heterocycles. The summed E-state index contributed by atoms with van der Waals surface area (Å²) < 4.78 is 5.59. The predicted molar refractivity (Wildman–Crippen MR) is 141 cm³/mol. The summed E-state index contributed by atoms with van der Waals surface area (Å²) in [6, 6.07) is 8.23. The number of thiazole rings is 1. The summed E-state index contributed by atoms with van der Waals surface area (Å²) in [5.74, 6) is 1.12. The van der Waals surface area contributed by atoms with Crippen LogP contribution in [0.3, 0.4) is 0 Å². The van der Waals surface area contributed by atoms with Gasteiger partial charge in [0.05, 0.1) is 25.5 Å². The van der Waals surface area contributed by atoms with E-state index in [9.17, 15) is 4.79 Å². The van der Waals surface area contributed by atoms with Gasteiger partial charge in [-0.1, -0.05) is 30.0 Å². The highest BCUT2D eigenvalue weighted by Gasteiger charge is 2.24. The van der Waals surface area contributed by atoms with Crippen LogP contribution in [0.2, 0.25) is 0 Å². The van der Waals surface area contributed by atoms with Crippen LogP contribution in [0.1, 0.15) is 5.01 Å². The van der Waals surface area contributed by atoms with Gasteiger partial charge < -0.3 is 25.3 Å². The Kier molecular flexibility index (Phi) is 6.04. The SMILES string of the molecule is C=C(C(N)=O)N1CCN(Cc2nc3c(N4CCOCC4)nc(-c4cccc5[nH]ccc45)nc3s2)CC1. The summed E-state index contributed by atoms with van der Waals surface area (Å²) in [5, 5.41) is 2.11. The second-order valence-corrected chi connectivity index (χ2v) is 10.1. The van der Waals surface area contributed by atoms with E-state index in [1.165, 1.54) is 0 Å². The van der Waals surface area contributed by atoms with E-state index in [1.54, 1.807) is 11.3 Å². The van der Waals surface area contributed by atoms with Crippen LogP contribution < -0.4 is 10.6 Å². The van der Waals surface area contributed by atoms with E-state index in [2.05, 4.69) is 39.6 Å². The van der Waals surface area contributed by atoms with Gasteiger partial charge in [0.15, 0.2) is 11.6 Å². The summed E-state index contributed by atoms with van der Waals surface area (Å²) >= 11 is 1.62. The van der Waals surface area contributed by atoms with Gasteiger partial charge in [0.2, 0.25) is 0 Å². The Morgan fingerprint density at radius 1 is 1.08 bits per heavy atom. The molecule has 6 rings (SSSR count). The van der Waals surface area contributed by atoms with Crippen LogP contribution in [0.5, 0.6) is 0 Å². The van der Waals surface area contributed by atoms with Crippen molar-refractivity contribution in [3.63, 3.8) is 0 Å². The van der Waals surface area contributed by atoms with E-state index in [1.807, 2.05) is 17.2 Å². The fraction of sp³-hybridized carbons (Fsp3) is 0.360. The number of anilines is 1. The maximum absolute atomic E-state index is 11.5. The summed E-state index contributed by atoms with van der Waals surface area (Å²) in [6.07, 6.45) is 1.94. The first kappa shape index (κ1) is 22.9. The fourth-order valence-corrected chi connectivity index (χ4v) is 5.81. The van der Waals surface area contributed by atoms with Crippen molar-refractivity contribution in [3.8, 4) is 11.4 Å². The zero-order chi connectivity index (χ0) is 24.6. The number of carbonyl (C=O) groups excluding carboxylic acids is 1. The molecule has 0 atom stereocenters. The van der Waals surface area contributed by atoms with Crippen molar-refractivity contribution in [1.29, 1.82) is 0 Å². The number of carbonyl (C=O) groups is 1. The highest BCUT2D eigenvalue weighted by Crippen LogP contribution is 2.34. The van der Waals surface area contributed by atoms with Crippen LogP contribution in [0.15, 0.2) is 42.7 Å². The van der Waals surface area contributed by atoms with Gasteiger partial charge in [0, 0.05) is 61.9 Å². The van der Waals surface area contributed by atoms with E-state index >= 15 is 0 Å². The maximum Gasteiger partial charge on any atom is 0.264 e. The molecule has 0 bridgehead atoms. The van der Waals surface area contributed by atoms with E-state index in [0.717, 1.165) is 83.5 Å². The minimum Gasteiger partial charge on any atom is -0.378 e. The van der Waals surface area contributed by atoms with Crippen LogP contribution in [-0.2, 0) is 16.1 Å². The number of nitrogens with zero attached hydrogens (tertiary/aromatic N) is 6. The highest BCUT2D eigenvalue weighted by molar-refractivity contribution is 7.18. The number of primary amides is 1. The minimum absolute atomic E-state index is 0.380. The number of piperazine rings is 1. The lowest BCUT2D eigenvalue weighted by Gasteiger charge is -2.35. The highest BCUT2D eigenvalue weighted by atomic mass is 32.1. The number of H-pyrrole nitrogens is 1. The number of amides is 1. The zero-order valence-electron chi connectivity index (χ0n) is 19.9. The van der Waals surface area contributed by atoms with E-state index < -0.39 is 5.91 Å². The second kappa shape index (κ2) is 9.49. The Balaban J connectivity index is 1.32. The van der Waals surface area contributed by atoms with E-state index in [0.29, 0.717) is 24.7 Å². The molecule has 5 heterocycles. The molecule has 0 saturated carbocycles. The molecule has 0 radical (unpaired) electrons. The Labute approximate surface area is 212 Å². The molecule has 3 N–H and O–H groups in total. The standard InChI is InChI=1S/C25H28N8O2S/c1-16(22(26)34)32-9-7-31(8-10-32)15-20-28-21-24(33-11-13-35-14-12-33)29-23(30-25(21)36-20)18-3-2-4-19-17(18)5-6-27-19/h2-6,27H,1,7-15H2,(H2,26,34). The van der Waals surface area contributed by atoms with Gasteiger partial charge in [-0.05, 0) is 12.1 Å². The Hall–Kier alpha value is -3.54. The van der Waals surface area contributed by atoms with Crippen LogP contribution >= 0.6 is 11.3 Å². The van der Waals surface area contributed by atoms with E-state index in [4.69, 9.17) is 25.4 Å². The molecule has 10 nitrogen and oxygen atoms in total. The van der Waals surface area contributed by atoms with E-state index in [-0.39, 0.29) is 0 Å². The lowest BCUT2D eigenvalue weighted by Crippen LogP contribution is -2.47. The molecule has 0 spiro atoms. The van der Waals surface area contributed by atoms with Gasteiger partial charge in [0.25, 0.3) is 5.91 Å². The topological polar surface area (TPSA) is 117 Å². The molecule has 4 aromatic rings. The van der Waals surface area contributed by atoms with Crippen molar-refractivity contribution in [1.82, 2.24) is 29.7 Å². The van der Waals surface area contributed by atoms with Crippen molar-refractivity contribution in [3.05, 3.63) is 47.7 Å². The van der Waals surface area contributed by atoms with Gasteiger partial charge in [-0.3, -0.25) is 9.69 Å². The number of morpholine rings is 1. The first-order valence-corrected chi connectivity index (χ1v) is 12.9. The third-order valence-corrected chi connectivity index (χ3v) is 7.76. The first-order valence-electron chi connectivity index (χ1n) is 12.1. The number of aromatic amines is 1. The Morgan fingerprint density at radius 2 is 1.89 bits per heavy atom. The average Bonchev–Trinajstić information content (AvgIpc) is 3.55. The number of aromatic nitrogens is 4. The normalized spacial score (nSPS) is 17.2. The molecule has 11 heteroatoms. The van der Waals surface area contributed by atoms with Crippen LogP contribution in [-0.4, -0.2) is 88.1 Å². The lowest BCUT2D eigenvalue weighted by atomic mass is 10.1. The van der Waals surface area contributed by atoms with Crippen molar-refractivity contribution in [2.24, 2.45) is 5.73 Å². The third kappa shape index (κ3) is 4.29. The Bertz CT molecular complexity index is 1430. The molecular formula is C25H28N8O2S. The maximum atomic E-state index is 11.5. The smallest absolute Gasteiger partial charge is 0.264 e. The lowest BCUT2D eigenvalue weighted by molar-refractivity contribution is -0.116. The quantitative estimate of drug-likeness (QED) is 0.384. The number of fused-ring (bicyclic) bond motifs is 2. The summed E-state index contributed by atoms with van der Waals surface area (Å²) in [7, 11) is 0. The molecule has 2 aliphatic heterocycles. The molecule has 0 aliphatic carbocycles. The van der Waals surface area contributed by atoms with Crippen LogP contribution in [0.4, 0.5) is 5.82 Å². The van der Waals surface area contributed by atoms with Gasteiger partial charge >= 0.3 is 0 Å². The average molecular weight is 505 g/mol. The number of hydrogen-bond acceptors (Lipinski definition) is 9. The fourth-order valence-electron chi connectivity index (χ4n) is 4.84. The molecule has 2 fully saturated rings. The van der Waals surface area contributed by atoms with Gasteiger partial charge in [0.1, 0.15) is 15.4 Å². The molecule has 0 unspecified atom stereocenters. The van der Waals surface area contributed by atoms with Gasteiger partial charge in [-0.2, -0.15) is 0 Å². The minimum atomic E-state index is -0.463. The first-order chi connectivity index (χ1) is 17.6. The molecule has 1 amide bonds. The Morgan fingerprint density at radius 3 is 2.67 bits per heavy atom. The number of hydrogen-bond donors (Lipinski definition) is 2. The van der Waals surface area contributed by atoms with Crippen LogP contribution in [0.25, 0.3) is 32.6 Å². The molecule has 1 aromatic carbocycles. The number of ether oxygens (including phenoxy) is 1. The largest absolute Gasteiger partial charge is 0.378 e. The van der Waals surface area contributed by atoms with Crippen molar-refractivity contribution in [2.75, 3.05) is 57.4 Å². The predicted octanol–water partition coefficient (Wildman–Crippen LogP) is 2.19. The van der Waals surface area contributed by atoms with Gasteiger partial charge in [-0.25, -0.2) is 15.0 Å². The third-order valence-electron chi connectivity index (χ3n) is 6.83. The summed E-state index contributed by atoms with van der Waals surface area (Å²) in [4.78, 5) is 37.2. The molecule has 2 aliphatic rings. The molecule has 2 saturated heterocycles. The molecule has 36 heavy (non-hydrogen) atoms. The van der Waals surface area contributed by atoms with Crippen molar-refractivity contribution < 1.29 is 9.53 Å². The van der Waals surface area contributed by atoms with Gasteiger partial charge in [-0.15, -0.1) is 0 Å². The number of benzene rings is 1. The van der Waals surface area contributed by atoms with Crippen molar-refractivity contribution >= 4 is 44.3 Å². The monoisotopic (exact) mass is 504 g/mol. The number of nitrogens with one attached hydrogen (secondary N) is 1. The van der Waals surface area contributed by atoms with Crippen molar-refractivity contribution in [2.45, 2.75) is 6.54 Å². The molecular weight excluding hydrogens is 476 g/mol.